The second-order valence-corrected chi connectivity index (χ2v) is 6.11. The molecule has 0 unspecified atom stereocenters. The van der Waals surface area contributed by atoms with E-state index in [9.17, 15) is 8.42 Å². The molecule has 0 bridgehead atoms. The number of hydrogen-bond donors (Lipinski definition) is 1. The van der Waals surface area contributed by atoms with Crippen LogP contribution in [0.15, 0.2) is 28.7 Å². The van der Waals surface area contributed by atoms with Crippen LogP contribution in [0.2, 0.25) is 0 Å². The first-order valence-corrected chi connectivity index (χ1v) is 7.71. The largest absolute Gasteiger partial charge is 0.399 e. The third-order valence-electron chi connectivity index (χ3n) is 2.83. The standard InChI is InChI=1S/C12H17N3O2S/c1-18(16,17)14-12(15-8-2-3-9-15)10-4-6-11(13)7-5-10/h4-7H,2-3,8-9,13H2,1H3/b14-12+. The molecule has 0 saturated carbocycles. The van der Waals surface area contributed by atoms with Crippen LogP contribution in [0.3, 0.4) is 0 Å². The third kappa shape index (κ3) is 3.22. The van der Waals surface area contributed by atoms with Gasteiger partial charge in [-0.3, -0.25) is 0 Å². The first-order valence-electron chi connectivity index (χ1n) is 5.86. The van der Waals surface area contributed by atoms with E-state index in [-0.39, 0.29) is 0 Å². The smallest absolute Gasteiger partial charge is 0.252 e. The number of sulfonamides is 1. The molecule has 0 amide bonds. The Morgan fingerprint density at radius 3 is 2.28 bits per heavy atom. The van der Waals surface area contributed by atoms with Crippen molar-refractivity contribution in [2.45, 2.75) is 12.8 Å². The highest BCUT2D eigenvalue weighted by Gasteiger charge is 2.19. The zero-order valence-corrected chi connectivity index (χ0v) is 11.2. The predicted octanol–water partition coefficient (Wildman–Crippen LogP) is 1.07. The Balaban J connectivity index is 2.41. The normalized spacial score (nSPS) is 17.2. The van der Waals surface area contributed by atoms with Gasteiger partial charge in [0.2, 0.25) is 0 Å². The molecule has 5 nitrogen and oxygen atoms in total. The Morgan fingerprint density at radius 2 is 1.78 bits per heavy atom. The lowest BCUT2D eigenvalue weighted by molar-refractivity contribution is 0.520. The van der Waals surface area contributed by atoms with Crippen molar-refractivity contribution in [3.05, 3.63) is 29.8 Å². The Hall–Kier alpha value is -1.56. The van der Waals surface area contributed by atoms with Gasteiger partial charge >= 0.3 is 0 Å². The zero-order chi connectivity index (χ0) is 13.2. The van der Waals surface area contributed by atoms with E-state index < -0.39 is 10.0 Å². The van der Waals surface area contributed by atoms with Gasteiger partial charge in [-0.25, -0.2) is 8.42 Å². The van der Waals surface area contributed by atoms with Crippen LogP contribution in [0.25, 0.3) is 0 Å². The van der Waals surface area contributed by atoms with Gasteiger partial charge in [-0.2, -0.15) is 0 Å². The number of nitrogens with two attached hydrogens (primary N) is 1. The molecule has 0 aromatic heterocycles. The van der Waals surface area contributed by atoms with Crippen molar-refractivity contribution in [2.75, 3.05) is 25.1 Å². The third-order valence-corrected chi connectivity index (χ3v) is 3.33. The molecule has 1 aliphatic rings. The van der Waals surface area contributed by atoms with Crippen LogP contribution in [0.5, 0.6) is 0 Å². The molecule has 1 heterocycles. The Labute approximate surface area is 107 Å². The summed E-state index contributed by atoms with van der Waals surface area (Å²) in [6.07, 6.45) is 3.25. The Kier molecular flexibility index (Phi) is 3.56. The van der Waals surface area contributed by atoms with E-state index in [0.29, 0.717) is 11.5 Å². The highest BCUT2D eigenvalue weighted by molar-refractivity contribution is 7.89. The van der Waals surface area contributed by atoms with Crippen LogP contribution in [0, 0.1) is 0 Å². The fourth-order valence-electron chi connectivity index (χ4n) is 2.01. The number of likely N-dealkylation sites (tertiary alicyclic amines) is 1. The van der Waals surface area contributed by atoms with E-state index in [0.717, 1.165) is 37.8 Å². The van der Waals surface area contributed by atoms with Crippen LogP contribution in [-0.2, 0) is 10.0 Å². The number of benzene rings is 1. The summed E-state index contributed by atoms with van der Waals surface area (Å²) in [5, 5.41) is 0. The molecule has 1 aromatic rings. The van der Waals surface area contributed by atoms with E-state index >= 15 is 0 Å². The molecule has 0 aliphatic carbocycles. The Morgan fingerprint density at radius 1 is 1.22 bits per heavy atom. The van der Waals surface area contributed by atoms with E-state index in [2.05, 4.69) is 4.40 Å². The highest BCUT2D eigenvalue weighted by Crippen LogP contribution is 2.16. The summed E-state index contributed by atoms with van der Waals surface area (Å²) in [4.78, 5) is 2.01. The maximum absolute atomic E-state index is 11.4. The molecule has 18 heavy (non-hydrogen) atoms. The average molecular weight is 267 g/mol. The van der Waals surface area contributed by atoms with Crippen LogP contribution >= 0.6 is 0 Å². The molecule has 2 N–H and O–H groups in total. The van der Waals surface area contributed by atoms with E-state index in [1.807, 2.05) is 4.90 Å². The van der Waals surface area contributed by atoms with Gasteiger partial charge in [0, 0.05) is 24.3 Å². The van der Waals surface area contributed by atoms with Gasteiger partial charge in [0.1, 0.15) is 5.84 Å². The number of nitrogen functional groups attached to an aromatic ring is 1. The first-order chi connectivity index (χ1) is 8.46. The van der Waals surface area contributed by atoms with Crippen LogP contribution in [0.4, 0.5) is 5.69 Å². The summed E-state index contributed by atoms with van der Waals surface area (Å²) in [6, 6.07) is 7.11. The summed E-state index contributed by atoms with van der Waals surface area (Å²) in [5.41, 5.74) is 7.08. The summed E-state index contributed by atoms with van der Waals surface area (Å²) in [5.74, 6) is 0.523. The highest BCUT2D eigenvalue weighted by atomic mass is 32.2. The van der Waals surface area contributed by atoms with Crippen molar-refractivity contribution >= 4 is 21.5 Å². The molecule has 1 aromatic carbocycles. The molecule has 1 fully saturated rings. The zero-order valence-electron chi connectivity index (χ0n) is 10.3. The summed E-state index contributed by atoms with van der Waals surface area (Å²) < 4.78 is 26.7. The maximum atomic E-state index is 11.4. The van der Waals surface area contributed by atoms with Crippen molar-refractivity contribution in [3.63, 3.8) is 0 Å². The van der Waals surface area contributed by atoms with Gasteiger partial charge in [0.15, 0.2) is 0 Å². The summed E-state index contributed by atoms with van der Waals surface area (Å²) >= 11 is 0. The molecule has 2 rings (SSSR count). The van der Waals surface area contributed by atoms with Crippen molar-refractivity contribution in [1.29, 1.82) is 0 Å². The van der Waals surface area contributed by atoms with Crippen LogP contribution < -0.4 is 5.73 Å². The monoisotopic (exact) mass is 267 g/mol. The quantitative estimate of drug-likeness (QED) is 0.494. The topological polar surface area (TPSA) is 75.8 Å². The second kappa shape index (κ2) is 4.97. The Bertz CT molecular complexity index is 543. The van der Waals surface area contributed by atoms with Gasteiger partial charge in [-0.1, -0.05) is 0 Å². The van der Waals surface area contributed by atoms with Gasteiger partial charge in [0.05, 0.1) is 6.26 Å². The van der Waals surface area contributed by atoms with Gasteiger partial charge in [-0.05, 0) is 37.1 Å². The number of hydrogen-bond acceptors (Lipinski definition) is 3. The molecule has 0 atom stereocenters. The minimum atomic E-state index is -3.40. The van der Waals surface area contributed by atoms with E-state index in [1.54, 1.807) is 24.3 Å². The lowest BCUT2D eigenvalue weighted by atomic mass is 10.2. The van der Waals surface area contributed by atoms with Crippen LogP contribution in [-0.4, -0.2) is 38.5 Å². The van der Waals surface area contributed by atoms with Crippen molar-refractivity contribution in [2.24, 2.45) is 4.40 Å². The van der Waals surface area contributed by atoms with Gasteiger partial charge in [-0.15, -0.1) is 4.40 Å². The average Bonchev–Trinajstić information content (AvgIpc) is 2.79. The number of rotatable bonds is 2. The summed E-state index contributed by atoms with van der Waals surface area (Å²) in [6.45, 7) is 1.69. The molecule has 6 heteroatoms. The minimum absolute atomic E-state index is 0.523. The first kappa shape index (κ1) is 12.9. The van der Waals surface area contributed by atoms with Gasteiger partial charge < -0.3 is 10.6 Å². The fraction of sp³-hybridized carbons (Fsp3) is 0.417. The number of nitrogens with zero attached hydrogens (tertiary/aromatic N) is 2. The lowest BCUT2D eigenvalue weighted by Crippen LogP contribution is -2.29. The van der Waals surface area contributed by atoms with E-state index in [4.69, 9.17) is 5.73 Å². The second-order valence-electron chi connectivity index (χ2n) is 4.46. The molecule has 1 aliphatic heterocycles. The summed E-state index contributed by atoms with van der Waals surface area (Å²) in [7, 11) is -3.40. The van der Waals surface area contributed by atoms with Gasteiger partial charge in [0.25, 0.3) is 10.0 Å². The molecule has 0 radical (unpaired) electrons. The van der Waals surface area contributed by atoms with Crippen LogP contribution in [0.1, 0.15) is 18.4 Å². The minimum Gasteiger partial charge on any atom is -0.399 e. The fourth-order valence-corrected chi connectivity index (χ4v) is 2.55. The molecular formula is C12H17N3O2S. The SMILES string of the molecule is CS(=O)(=O)/N=C(\c1ccc(N)cc1)N1CCCC1. The molecular weight excluding hydrogens is 250 g/mol. The molecule has 1 saturated heterocycles. The molecule has 0 spiro atoms. The number of anilines is 1. The van der Waals surface area contributed by atoms with E-state index in [1.165, 1.54) is 0 Å². The van der Waals surface area contributed by atoms with Crippen molar-refractivity contribution in [3.8, 4) is 0 Å². The predicted molar refractivity (Wildman–Crippen MR) is 73.0 cm³/mol. The maximum Gasteiger partial charge on any atom is 0.252 e. The number of amidine groups is 1. The molecule has 98 valence electrons. The van der Waals surface area contributed by atoms with Crippen molar-refractivity contribution < 1.29 is 8.42 Å². The van der Waals surface area contributed by atoms with Crippen molar-refractivity contribution in [1.82, 2.24) is 4.90 Å². The lowest BCUT2D eigenvalue weighted by Gasteiger charge is -2.19.